The maximum Gasteiger partial charge on any atom is 0.243 e. The molecule has 0 aliphatic carbocycles. The Bertz CT molecular complexity index is 569. The van der Waals surface area contributed by atoms with Crippen LogP contribution in [0, 0.1) is 19.8 Å². The maximum absolute atomic E-state index is 12.7. The van der Waals surface area contributed by atoms with Gasteiger partial charge in [-0.15, -0.1) is 0 Å². The van der Waals surface area contributed by atoms with E-state index >= 15 is 0 Å². The van der Waals surface area contributed by atoms with Crippen LogP contribution in [-0.2, 0) is 10.0 Å². The number of nitrogens with two attached hydrogens (primary N) is 1. The molecule has 0 spiro atoms. The SMILES string of the molecule is Cc1ccc(S(=O)(=O)N2CCC(N)C(C)C2)c(C)c1. The van der Waals surface area contributed by atoms with Crippen LogP contribution >= 0.6 is 0 Å². The van der Waals surface area contributed by atoms with E-state index in [4.69, 9.17) is 5.73 Å². The Labute approximate surface area is 115 Å². The Balaban J connectivity index is 2.32. The zero-order valence-electron chi connectivity index (χ0n) is 11.8. The van der Waals surface area contributed by atoms with Crippen LogP contribution in [0.25, 0.3) is 0 Å². The molecule has 2 unspecified atom stereocenters. The molecule has 0 amide bonds. The van der Waals surface area contributed by atoms with Gasteiger partial charge >= 0.3 is 0 Å². The fraction of sp³-hybridized carbons (Fsp3) is 0.571. The minimum absolute atomic E-state index is 0.102. The minimum atomic E-state index is -3.39. The molecule has 0 bridgehead atoms. The van der Waals surface area contributed by atoms with Gasteiger partial charge in [-0.1, -0.05) is 24.6 Å². The van der Waals surface area contributed by atoms with E-state index in [1.54, 1.807) is 10.4 Å². The highest BCUT2D eigenvalue weighted by Crippen LogP contribution is 2.25. The Morgan fingerprint density at radius 2 is 2.00 bits per heavy atom. The third kappa shape index (κ3) is 2.83. The van der Waals surface area contributed by atoms with E-state index in [1.165, 1.54) is 0 Å². The lowest BCUT2D eigenvalue weighted by Gasteiger charge is -2.34. The van der Waals surface area contributed by atoms with E-state index < -0.39 is 10.0 Å². The highest BCUT2D eigenvalue weighted by molar-refractivity contribution is 7.89. The Kier molecular flexibility index (Phi) is 3.99. The number of sulfonamides is 1. The van der Waals surface area contributed by atoms with Gasteiger partial charge < -0.3 is 5.73 Å². The van der Waals surface area contributed by atoms with Crippen molar-refractivity contribution in [1.29, 1.82) is 0 Å². The van der Waals surface area contributed by atoms with Gasteiger partial charge in [-0.25, -0.2) is 8.42 Å². The summed E-state index contributed by atoms with van der Waals surface area (Å²) >= 11 is 0. The smallest absolute Gasteiger partial charge is 0.243 e. The summed E-state index contributed by atoms with van der Waals surface area (Å²) in [6.07, 6.45) is 0.727. The zero-order chi connectivity index (χ0) is 14.2. The van der Waals surface area contributed by atoms with Crippen LogP contribution in [0.5, 0.6) is 0 Å². The Hall–Kier alpha value is -0.910. The van der Waals surface area contributed by atoms with Crippen LogP contribution in [0.4, 0.5) is 0 Å². The zero-order valence-corrected chi connectivity index (χ0v) is 12.6. The molecule has 1 aromatic carbocycles. The van der Waals surface area contributed by atoms with Crippen molar-refractivity contribution in [3.63, 3.8) is 0 Å². The first-order valence-corrected chi connectivity index (χ1v) is 8.09. The van der Waals surface area contributed by atoms with Gasteiger partial charge in [0.15, 0.2) is 0 Å². The molecule has 1 saturated heterocycles. The molecule has 0 saturated carbocycles. The monoisotopic (exact) mass is 282 g/mol. The molecule has 2 atom stereocenters. The number of rotatable bonds is 2. The summed E-state index contributed by atoms with van der Waals surface area (Å²) in [5.41, 5.74) is 7.83. The second-order valence-corrected chi connectivity index (χ2v) is 7.47. The number of aryl methyl sites for hydroxylation is 2. The van der Waals surface area contributed by atoms with Gasteiger partial charge in [0, 0.05) is 19.1 Å². The first-order valence-electron chi connectivity index (χ1n) is 6.65. The van der Waals surface area contributed by atoms with E-state index in [2.05, 4.69) is 0 Å². The van der Waals surface area contributed by atoms with Crippen molar-refractivity contribution >= 4 is 10.0 Å². The molecule has 4 nitrogen and oxygen atoms in total. The second kappa shape index (κ2) is 5.23. The molecule has 19 heavy (non-hydrogen) atoms. The van der Waals surface area contributed by atoms with Crippen LogP contribution in [0.1, 0.15) is 24.5 Å². The fourth-order valence-electron chi connectivity index (χ4n) is 2.57. The molecule has 1 fully saturated rings. The van der Waals surface area contributed by atoms with Crippen molar-refractivity contribution in [3.05, 3.63) is 29.3 Å². The van der Waals surface area contributed by atoms with Crippen LogP contribution in [-0.4, -0.2) is 31.9 Å². The van der Waals surface area contributed by atoms with E-state index in [0.29, 0.717) is 18.0 Å². The van der Waals surface area contributed by atoms with Gasteiger partial charge in [0.25, 0.3) is 0 Å². The van der Waals surface area contributed by atoms with Gasteiger partial charge in [0.2, 0.25) is 10.0 Å². The van der Waals surface area contributed by atoms with Gasteiger partial charge in [-0.2, -0.15) is 4.31 Å². The fourth-order valence-corrected chi connectivity index (χ4v) is 4.33. The molecule has 5 heteroatoms. The van der Waals surface area contributed by atoms with Crippen LogP contribution in [0.15, 0.2) is 23.1 Å². The lowest BCUT2D eigenvalue weighted by Crippen LogP contribution is -2.48. The third-order valence-corrected chi connectivity index (χ3v) is 5.91. The third-order valence-electron chi connectivity index (χ3n) is 3.88. The lowest BCUT2D eigenvalue weighted by molar-refractivity contribution is 0.250. The predicted octanol–water partition coefficient (Wildman–Crippen LogP) is 1.66. The lowest BCUT2D eigenvalue weighted by atomic mass is 9.96. The van der Waals surface area contributed by atoms with Crippen LogP contribution in [0.3, 0.4) is 0 Å². The van der Waals surface area contributed by atoms with Gasteiger partial charge in [0.1, 0.15) is 0 Å². The van der Waals surface area contributed by atoms with Gasteiger partial charge in [-0.05, 0) is 37.8 Å². The van der Waals surface area contributed by atoms with Crippen molar-refractivity contribution in [3.8, 4) is 0 Å². The quantitative estimate of drug-likeness (QED) is 0.897. The highest BCUT2D eigenvalue weighted by Gasteiger charge is 2.32. The molecule has 2 N–H and O–H groups in total. The number of nitrogens with zero attached hydrogens (tertiary/aromatic N) is 1. The summed E-state index contributed by atoms with van der Waals surface area (Å²) in [6.45, 7) is 6.84. The summed E-state index contributed by atoms with van der Waals surface area (Å²) in [6, 6.07) is 5.56. The first-order chi connectivity index (χ1) is 8.82. The summed E-state index contributed by atoms with van der Waals surface area (Å²) in [4.78, 5) is 0.417. The largest absolute Gasteiger partial charge is 0.327 e. The molecular formula is C14H22N2O2S. The minimum Gasteiger partial charge on any atom is -0.327 e. The summed E-state index contributed by atoms with van der Waals surface area (Å²) in [5.74, 6) is 0.203. The average Bonchev–Trinajstić information content (AvgIpc) is 2.32. The van der Waals surface area contributed by atoms with Crippen molar-refractivity contribution in [2.45, 2.75) is 38.1 Å². The van der Waals surface area contributed by atoms with E-state index in [0.717, 1.165) is 17.5 Å². The maximum atomic E-state index is 12.7. The van der Waals surface area contributed by atoms with Crippen molar-refractivity contribution < 1.29 is 8.42 Å². The molecular weight excluding hydrogens is 260 g/mol. The molecule has 0 radical (unpaired) electrons. The number of piperidine rings is 1. The highest BCUT2D eigenvalue weighted by atomic mass is 32.2. The van der Waals surface area contributed by atoms with Crippen molar-refractivity contribution in [1.82, 2.24) is 4.31 Å². The molecule has 1 aliphatic rings. The molecule has 1 heterocycles. The van der Waals surface area contributed by atoms with E-state index in [9.17, 15) is 8.42 Å². The Morgan fingerprint density at radius 3 is 2.58 bits per heavy atom. The molecule has 1 aliphatic heterocycles. The standard InChI is InChI=1S/C14H22N2O2S/c1-10-4-5-14(11(2)8-10)19(17,18)16-7-6-13(15)12(3)9-16/h4-5,8,12-13H,6-7,9,15H2,1-3H3. The molecule has 106 valence electrons. The number of benzene rings is 1. The number of hydrogen-bond acceptors (Lipinski definition) is 3. The first kappa shape index (κ1) is 14.5. The molecule has 2 rings (SSSR count). The van der Waals surface area contributed by atoms with Gasteiger partial charge in [-0.3, -0.25) is 0 Å². The second-order valence-electron chi connectivity index (χ2n) is 5.56. The predicted molar refractivity (Wildman–Crippen MR) is 76.4 cm³/mol. The van der Waals surface area contributed by atoms with E-state index in [1.807, 2.05) is 32.9 Å². The normalized spacial score (nSPS) is 25.5. The molecule has 0 aromatic heterocycles. The topological polar surface area (TPSA) is 63.4 Å². The van der Waals surface area contributed by atoms with Crippen LogP contribution < -0.4 is 5.73 Å². The summed E-state index contributed by atoms with van der Waals surface area (Å²) in [5, 5.41) is 0. The Morgan fingerprint density at radius 1 is 1.32 bits per heavy atom. The van der Waals surface area contributed by atoms with E-state index in [-0.39, 0.29) is 12.0 Å². The molecule has 1 aromatic rings. The van der Waals surface area contributed by atoms with Crippen LogP contribution in [0.2, 0.25) is 0 Å². The van der Waals surface area contributed by atoms with Gasteiger partial charge in [0.05, 0.1) is 4.90 Å². The average molecular weight is 282 g/mol. The van der Waals surface area contributed by atoms with Crippen molar-refractivity contribution in [2.75, 3.05) is 13.1 Å². The van der Waals surface area contributed by atoms with Crippen molar-refractivity contribution in [2.24, 2.45) is 11.7 Å². The summed E-state index contributed by atoms with van der Waals surface area (Å²) in [7, 11) is -3.39. The summed E-state index contributed by atoms with van der Waals surface area (Å²) < 4.78 is 26.9. The number of hydrogen-bond donors (Lipinski definition) is 1.